The van der Waals surface area contributed by atoms with Crippen molar-refractivity contribution in [3.8, 4) is 0 Å². The molecular weight excluding hydrogens is 326 g/mol. The highest BCUT2D eigenvalue weighted by molar-refractivity contribution is 5.94. The lowest BCUT2D eigenvalue weighted by Crippen LogP contribution is -2.49. The van der Waals surface area contributed by atoms with Gasteiger partial charge in [0, 0.05) is 31.2 Å². The molecule has 2 N–H and O–H groups in total. The molecule has 0 radical (unpaired) electrons. The molecule has 0 unspecified atom stereocenters. The third kappa shape index (κ3) is 5.09. The molecule has 0 atom stereocenters. The number of carbonyl (C=O) groups excluding carboxylic acids is 2. The normalized spacial score (nSPS) is 14.7. The van der Waals surface area contributed by atoms with E-state index in [0.717, 1.165) is 19.3 Å². The molecule has 1 aliphatic heterocycles. The predicted molar refractivity (Wildman–Crippen MR) is 102 cm³/mol. The fraction of sp³-hybridized carbons (Fsp3) is 0.333. The van der Waals surface area contributed by atoms with Gasteiger partial charge in [-0.25, -0.2) is 4.79 Å². The molecule has 1 aliphatic rings. The number of carbonyl (C=O) groups is 2. The van der Waals surface area contributed by atoms with Crippen molar-refractivity contribution in [2.45, 2.75) is 25.3 Å². The van der Waals surface area contributed by atoms with E-state index in [1.165, 1.54) is 5.56 Å². The van der Waals surface area contributed by atoms with Crippen LogP contribution in [0.5, 0.6) is 0 Å². The van der Waals surface area contributed by atoms with Gasteiger partial charge in [-0.1, -0.05) is 48.5 Å². The summed E-state index contributed by atoms with van der Waals surface area (Å²) in [5, 5.41) is 6.04. The Morgan fingerprint density at radius 1 is 0.923 bits per heavy atom. The first-order valence-electron chi connectivity index (χ1n) is 9.15. The minimum atomic E-state index is -0.0450. The molecule has 0 aliphatic carbocycles. The van der Waals surface area contributed by atoms with Crippen molar-refractivity contribution in [3.63, 3.8) is 0 Å². The van der Waals surface area contributed by atoms with Gasteiger partial charge < -0.3 is 15.5 Å². The highest BCUT2D eigenvalue weighted by atomic mass is 16.2. The van der Waals surface area contributed by atoms with Crippen LogP contribution < -0.4 is 10.6 Å². The number of likely N-dealkylation sites (tertiary alicyclic amines) is 1. The molecule has 3 amide bonds. The number of nitrogens with one attached hydrogen (secondary N) is 2. The molecule has 0 saturated carbocycles. The Morgan fingerprint density at radius 3 is 2.19 bits per heavy atom. The maximum atomic E-state index is 12.3. The average Bonchev–Trinajstić information content (AvgIpc) is 2.70. The van der Waals surface area contributed by atoms with Crippen LogP contribution in [0.25, 0.3) is 0 Å². The van der Waals surface area contributed by atoms with Crippen LogP contribution in [0.2, 0.25) is 0 Å². The van der Waals surface area contributed by atoms with E-state index in [-0.39, 0.29) is 18.0 Å². The monoisotopic (exact) mass is 351 g/mol. The van der Waals surface area contributed by atoms with Gasteiger partial charge in [-0.05, 0) is 37.0 Å². The topological polar surface area (TPSA) is 61.4 Å². The number of hydrogen-bond acceptors (Lipinski definition) is 2. The van der Waals surface area contributed by atoms with Crippen molar-refractivity contribution in [3.05, 3.63) is 71.8 Å². The van der Waals surface area contributed by atoms with Crippen LogP contribution >= 0.6 is 0 Å². The number of hydrogen-bond donors (Lipinski definition) is 2. The number of amides is 3. The first kappa shape index (κ1) is 18.0. The molecule has 1 fully saturated rings. The molecule has 26 heavy (non-hydrogen) atoms. The summed E-state index contributed by atoms with van der Waals surface area (Å²) in [7, 11) is 0. The molecule has 5 heteroatoms. The second-order valence-corrected chi connectivity index (χ2v) is 6.57. The average molecular weight is 351 g/mol. The number of nitrogens with zero attached hydrogens (tertiary/aromatic N) is 1. The molecule has 2 aromatic rings. The number of piperidine rings is 1. The Bertz CT molecular complexity index is 711. The van der Waals surface area contributed by atoms with E-state index in [2.05, 4.69) is 22.8 Å². The van der Waals surface area contributed by atoms with Crippen LogP contribution in [-0.2, 0) is 6.42 Å². The van der Waals surface area contributed by atoms with E-state index in [9.17, 15) is 9.59 Å². The zero-order valence-electron chi connectivity index (χ0n) is 14.9. The highest BCUT2D eigenvalue weighted by Crippen LogP contribution is 2.11. The lowest BCUT2D eigenvalue weighted by molar-refractivity contribution is 0.0918. The SMILES string of the molecule is O=C(NC1CCN(C(=O)NCCc2ccccc2)CC1)c1ccccc1. The van der Waals surface area contributed by atoms with E-state index < -0.39 is 0 Å². The molecular formula is C21H25N3O2. The second-order valence-electron chi connectivity index (χ2n) is 6.57. The first-order valence-corrected chi connectivity index (χ1v) is 9.15. The predicted octanol–water partition coefficient (Wildman–Crippen LogP) is 2.83. The number of benzene rings is 2. The van der Waals surface area contributed by atoms with Gasteiger partial charge in [0.15, 0.2) is 0 Å². The lowest BCUT2D eigenvalue weighted by Gasteiger charge is -2.32. The Balaban J connectivity index is 1.37. The summed E-state index contributed by atoms with van der Waals surface area (Å²) in [6.07, 6.45) is 2.39. The van der Waals surface area contributed by atoms with Crippen molar-refractivity contribution in [1.82, 2.24) is 15.5 Å². The smallest absolute Gasteiger partial charge is 0.317 e. The number of urea groups is 1. The molecule has 1 saturated heterocycles. The summed E-state index contributed by atoms with van der Waals surface area (Å²) in [6.45, 7) is 1.96. The number of rotatable bonds is 5. The minimum absolute atomic E-state index is 0.0197. The first-order chi connectivity index (χ1) is 12.7. The third-order valence-corrected chi connectivity index (χ3v) is 4.69. The van der Waals surface area contributed by atoms with E-state index in [1.54, 1.807) is 0 Å². The third-order valence-electron chi connectivity index (χ3n) is 4.69. The van der Waals surface area contributed by atoms with Gasteiger partial charge in [-0.3, -0.25) is 4.79 Å². The second kappa shape index (κ2) is 9.04. The van der Waals surface area contributed by atoms with Crippen LogP contribution in [-0.4, -0.2) is 42.5 Å². The van der Waals surface area contributed by atoms with Crippen molar-refractivity contribution in [1.29, 1.82) is 0 Å². The van der Waals surface area contributed by atoms with Crippen LogP contribution in [0, 0.1) is 0 Å². The Labute approximate surface area is 154 Å². The lowest BCUT2D eigenvalue weighted by atomic mass is 10.0. The minimum Gasteiger partial charge on any atom is -0.349 e. The van der Waals surface area contributed by atoms with Crippen molar-refractivity contribution in [2.75, 3.05) is 19.6 Å². The summed E-state index contributed by atoms with van der Waals surface area (Å²) < 4.78 is 0. The molecule has 0 bridgehead atoms. The van der Waals surface area contributed by atoms with Gasteiger partial charge in [-0.15, -0.1) is 0 Å². The fourth-order valence-corrected chi connectivity index (χ4v) is 3.16. The van der Waals surface area contributed by atoms with Gasteiger partial charge in [-0.2, -0.15) is 0 Å². The maximum absolute atomic E-state index is 12.3. The quantitative estimate of drug-likeness (QED) is 0.870. The summed E-state index contributed by atoms with van der Waals surface area (Å²) >= 11 is 0. The zero-order valence-corrected chi connectivity index (χ0v) is 14.9. The van der Waals surface area contributed by atoms with Crippen molar-refractivity contribution in [2.24, 2.45) is 0 Å². The van der Waals surface area contributed by atoms with Crippen molar-refractivity contribution >= 4 is 11.9 Å². The molecule has 0 aromatic heterocycles. The summed E-state index contributed by atoms with van der Waals surface area (Å²) in [5.41, 5.74) is 1.89. The van der Waals surface area contributed by atoms with Crippen LogP contribution in [0.1, 0.15) is 28.8 Å². The Morgan fingerprint density at radius 2 is 1.54 bits per heavy atom. The Hall–Kier alpha value is -2.82. The zero-order chi connectivity index (χ0) is 18.2. The molecule has 2 aromatic carbocycles. The van der Waals surface area contributed by atoms with E-state index in [1.807, 2.05) is 53.4 Å². The van der Waals surface area contributed by atoms with Gasteiger partial charge in [0.1, 0.15) is 0 Å². The molecule has 3 rings (SSSR count). The molecule has 5 nitrogen and oxygen atoms in total. The Kier molecular flexibility index (Phi) is 6.25. The molecule has 136 valence electrons. The standard InChI is InChI=1S/C21H25N3O2/c25-20(18-9-5-2-6-10-18)23-19-12-15-24(16-13-19)21(26)22-14-11-17-7-3-1-4-8-17/h1-10,19H,11-16H2,(H,22,26)(H,23,25). The van der Waals surface area contributed by atoms with Crippen LogP contribution in [0.4, 0.5) is 4.79 Å². The van der Waals surface area contributed by atoms with Crippen LogP contribution in [0.15, 0.2) is 60.7 Å². The maximum Gasteiger partial charge on any atom is 0.317 e. The summed E-state index contributed by atoms with van der Waals surface area (Å²) in [5.74, 6) is -0.0450. The van der Waals surface area contributed by atoms with Gasteiger partial charge in [0.25, 0.3) is 5.91 Å². The van der Waals surface area contributed by atoms with Gasteiger partial charge in [0.05, 0.1) is 0 Å². The molecule has 0 spiro atoms. The van der Waals surface area contributed by atoms with E-state index in [4.69, 9.17) is 0 Å². The summed E-state index contributed by atoms with van der Waals surface area (Å²) in [6, 6.07) is 19.5. The van der Waals surface area contributed by atoms with Crippen molar-refractivity contribution < 1.29 is 9.59 Å². The highest BCUT2D eigenvalue weighted by Gasteiger charge is 2.23. The van der Waals surface area contributed by atoms with Gasteiger partial charge >= 0.3 is 6.03 Å². The van der Waals surface area contributed by atoms with E-state index in [0.29, 0.717) is 25.2 Å². The van der Waals surface area contributed by atoms with Crippen LogP contribution in [0.3, 0.4) is 0 Å². The largest absolute Gasteiger partial charge is 0.349 e. The van der Waals surface area contributed by atoms with E-state index >= 15 is 0 Å². The summed E-state index contributed by atoms with van der Waals surface area (Å²) in [4.78, 5) is 26.3. The van der Waals surface area contributed by atoms with Gasteiger partial charge in [0.2, 0.25) is 0 Å². The fourth-order valence-electron chi connectivity index (χ4n) is 3.16. The molecule has 1 heterocycles.